The van der Waals surface area contributed by atoms with Gasteiger partial charge in [0.25, 0.3) is 0 Å². The molecule has 1 aromatic rings. The van der Waals surface area contributed by atoms with Gasteiger partial charge in [-0.25, -0.2) is 4.79 Å². The predicted molar refractivity (Wildman–Crippen MR) is 72.0 cm³/mol. The Kier molecular flexibility index (Phi) is 3.96. The molecule has 1 aliphatic rings. The van der Waals surface area contributed by atoms with Gasteiger partial charge in [0.2, 0.25) is 0 Å². The minimum absolute atomic E-state index is 0.410. The minimum atomic E-state index is -0.913. The summed E-state index contributed by atoms with van der Waals surface area (Å²) in [6, 6.07) is 9.87. The van der Waals surface area contributed by atoms with Crippen LogP contribution in [0.4, 0.5) is 4.79 Å². The van der Waals surface area contributed by atoms with E-state index < -0.39 is 11.5 Å². The van der Waals surface area contributed by atoms with Crippen molar-refractivity contribution in [1.82, 2.24) is 4.90 Å². The third-order valence-electron chi connectivity index (χ3n) is 3.71. The Hall–Kier alpha value is -1.73. The summed E-state index contributed by atoms with van der Waals surface area (Å²) in [6.45, 7) is 0.820. The van der Waals surface area contributed by atoms with Gasteiger partial charge in [0.05, 0.1) is 11.5 Å². The van der Waals surface area contributed by atoms with E-state index in [-0.39, 0.29) is 0 Å². The lowest BCUT2D eigenvalue weighted by Crippen LogP contribution is -2.42. The van der Waals surface area contributed by atoms with Crippen LogP contribution in [0.15, 0.2) is 24.3 Å². The second kappa shape index (κ2) is 5.50. The third kappa shape index (κ3) is 2.99. The van der Waals surface area contributed by atoms with E-state index >= 15 is 0 Å². The minimum Gasteiger partial charge on any atom is -0.465 e. The Balaban J connectivity index is 2.12. The fraction of sp³-hybridized carbons (Fsp3) is 0.429. The van der Waals surface area contributed by atoms with E-state index in [9.17, 15) is 10.1 Å². The number of nitriles is 1. The van der Waals surface area contributed by atoms with Gasteiger partial charge in [-0.15, -0.1) is 0 Å². The molecule has 0 unspecified atom stereocenters. The second-order valence-electron chi connectivity index (χ2n) is 4.93. The quantitative estimate of drug-likeness (QED) is 0.904. The first-order chi connectivity index (χ1) is 9.06. The first-order valence-electron chi connectivity index (χ1n) is 6.19. The van der Waals surface area contributed by atoms with Gasteiger partial charge in [-0.2, -0.15) is 5.26 Å². The van der Waals surface area contributed by atoms with E-state index in [0.717, 1.165) is 5.56 Å². The maximum atomic E-state index is 10.9. The SMILES string of the molecule is N#CC1(Cc2ccccc2Cl)CCN(C(=O)O)CC1. The smallest absolute Gasteiger partial charge is 0.407 e. The summed E-state index contributed by atoms with van der Waals surface area (Å²) in [4.78, 5) is 12.3. The molecule has 1 fully saturated rings. The third-order valence-corrected chi connectivity index (χ3v) is 4.08. The highest BCUT2D eigenvalue weighted by atomic mass is 35.5. The van der Waals surface area contributed by atoms with Gasteiger partial charge in [-0.05, 0) is 30.9 Å². The molecule has 1 N–H and O–H groups in total. The van der Waals surface area contributed by atoms with Crippen molar-refractivity contribution in [3.63, 3.8) is 0 Å². The monoisotopic (exact) mass is 278 g/mol. The molecule has 0 saturated carbocycles. The molecule has 0 radical (unpaired) electrons. The average molecular weight is 279 g/mol. The lowest BCUT2D eigenvalue weighted by molar-refractivity contribution is 0.110. The fourth-order valence-electron chi connectivity index (χ4n) is 2.46. The van der Waals surface area contributed by atoms with E-state index in [0.29, 0.717) is 37.4 Å². The molecule has 1 heterocycles. The summed E-state index contributed by atoms with van der Waals surface area (Å²) >= 11 is 6.13. The van der Waals surface area contributed by atoms with E-state index in [1.807, 2.05) is 24.3 Å². The Labute approximate surface area is 117 Å². The van der Waals surface area contributed by atoms with Crippen molar-refractivity contribution in [2.24, 2.45) is 5.41 Å². The highest BCUT2D eigenvalue weighted by molar-refractivity contribution is 6.31. The highest BCUT2D eigenvalue weighted by Crippen LogP contribution is 2.36. The molecule has 1 aromatic carbocycles. The summed E-state index contributed by atoms with van der Waals surface area (Å²) in [5.74, 6) is 0. The lowest BCUT2D eigenvalue weighted by Gasteiger charge is -2.36. The molecule has 1 amide bonds. The van der Waals surface area contributed by atoms with Crippen LogP contribution in [-0.2, 0) is 6.42 Å². The molecule has 0 atom stereocenters. The lowest BCUT2D eigenvalue weighted by atomic mass is 9.75. The number of amides is 1. The Morgan fingerprint density at radius 3 is 2.58 bits per heavy atom. The molecular formula is C14H15ClN2O2. The van der Waals surface area contributed by atoms with Crippen LogP contribution in [0, 0.1) is 16.7 Å². The first-order valence-corrected chi connectivity index (χ1v) is 6.57. The number of hydrogen-bond donors (Lipinski definition) is 1. The molecule has 1 saturated heterocycles. The molecule has 1 aliphatic heterocycles. The van der Waals surface area contributed by atoms with Gasteiger partial charge in [0, 0.05) is 18.1 Å². The van der Waals surface area contributed by atoms with E-state index in [2.05, 4.69) is 6.07 Å². The highest BCUT2D eigenvalue weighted by Gasteiger charge is 2.36. The molecule has 0 spiro atoms. The maximum Gasteiger partial charge on any atom is 0.407 e. The molecule has 19 heavy (non-hydrogen) atoms. The van der Waals surface area contributed by atoms with Crippen LogP contribution in [0.25, 0.3) is 0 Å². The van der Waals surface area contributed by atoms with Crippen LogP contribution in [-0.4, -0.2) is 29.2 Å². The van der Waals surface area contributed by atoms with Crippen LogP contribution < -0.4 is 0 Å². The van der Waals surface area contributed by atoms with E-state index in [1.165, 1.54) is 4.90 Å². The summed E-state index contributed by atoms with van der Waals surface area (Å²) in [7, 11) is 0. The number of carboxylic acid groups (broad SMARTS) is 1. The summed E-state index contributed by atoms with van der Waals surface area (Å²) in [5, 5.41) is 19.1. The van der Waals surface area contributed by atoms with Gasteiger partial charge in [0.15, 0.2) is 0 Å². The number of halogens is 1. The maximum absolute atomic E-state index is 10.9. The molecule has 0 aliphatic carbocycles. The summed E-state index contributed by atoms with van der Waals surface area (Å²) in [5.41, 5.74) is 0.450. The number of rotatable bonds is 2. The zero-order chi connectivity index (χ0) is 13.9. The average Bonchev–Trinajstić information content (AvgIpc) is 2.42. The van der Waals surface area contributed by atoms with Crippen molar-refractivity contribution in [3.05, 3.63) is 34.9 Å². The van der Waals surface area contributed by atoms with Crippen LogP contribution in [0.1, 0.15) is 18.4 Å². The van der Waals surface area contributed by atoms with Crippen molar-refractivity contribution in [2.45, 2.75) is 19.3 Å². The van der Waals surface area contributed by atoms with Crippen molar-refractivity contribution in [1.29, 1.82) is 5.26 Å². The van der Waals surface area contributed by atoms with Crippen molar-refractivity contribution >= 4 is 17.7 Å². The van der Waals surface area contributed by atoms with Gasteiger partial charge in [-0.3, -0.25) is 0 Å². The van der Waals surface area contributed by atoms with Gasteiger partial charge in [0.1, 0.15) is 0 Å². The molecule has 0 aromatic heterocycles. The number of carbonyl (C=O) groups is 1. The molecule has 5 heteroatoms. The van der Waals surface area contributed by atoms with E-state index in [1.54, 1.807) is 0 Å². The predicted octanol–water partition coefficient (Wildman–Crippen LogP) is 3.17. The zero-order valence-corrected chi connectivity index (χ0v) is 11.2. The van der Waals surface area contributed by atoms with Gasteiger partial charge >= 0.3 is 6.09 Å². The zero-order valence-electron chi connectivity index (χ0n) is 10.5. The first kappa shape index (κ1) is 13.7. The second-order valence-corrected chi connectivity index (χ2v) is 5.34. The van der Waals surface area contributed by atoms with Crippen molar-refractivity contribution in [2.75, 3.05) is 13.1 Å². The topological polar surface area (TPSA) is 64.3 Å². The Morgan fingerprint density at radius 2 is 2.05 bits per heavy atom. The standard InChI is InChI=1S/C14H15ClN2O2/c15-12-4-2-1-3-11(12)9-14(10-16)5-7-17(8-6-14)13(18)19/h1-4H,5-9H2,(H,18,19). The normalized spacial score (nSPS) is 17.8. The Morgan fingerprint density at radius 1 is 1.42 bits per heavy atom. The van der Waals surface area contributed by atoms with Crippen LogP contribution >= 0.6 is 11.6 Å². The van der Waals surface area contributed by atoms with Crippen molar-refractivity contribution in [3.8, 4) is 6.07 Å². The van der Waals surface area contributed by atoms with Gasteiger partial charge in [-0.1, -0.05) is 29.8 Å². The number of nitrogens with zero attached hydrogens (tertiary/aromatic N) is 2. The summed E-state index contributed by atoms with van der Waals surface area (Å²) in [6.07, 6.45) is 0.780. The number of piperidine rings is 1. The molecule has 4 nitrogen and oxygen atoms in total. The van der Waals surface area contributed by atoms with Crippen LogP contribution in [0.5, 0.6) is 0 Å². The summed E-state index contributed by atoms with van der Waals surface area (Å²) < 4.78 is 0. The number of hydrogen-bond acceptors (Lipinski definition) is 2. The number of likely N-dealkylation sites (tertiary alicyclic amines) is 1. The van der Waals surface area contributed by atoms with Crippen LogP contribution in [0.2, 0.25) is 5.02 Å². The molecular weight excluding hydrogens is 264 g/mol. The fourth-order valence-corrected chi connectivity index (χ4v) is 2.66. The van der Waals surface area contributed by atoms with E-state index in [4.69, 9.17) is 16.7 Å². The Bertz CT molecular complexity index is 516. The molecule has 2 rings (SSSR count). The molecule has 100 valence electrons. The molecule has 0 bridgehead atoms. The van der Waals surface area contributed by atoms with Crippen molar-refractivity contribution < 1.29 is 9.90 Å². The van der Waals surface area contributed by atoms with Gasteiger partial charge < -0.3 is 10.0 Å². The largest absolute Gasteiger partial charge is 0.465 e. The number of benzene rings is 1. The van der Waals surface area contributed by atoms with Crippen LogP contribution in [0.3, 0.4) is 0 Å².